The van der Waals surface area contributed by atoms with Gasteiger partial charge in [0.25, 0.3) is 0 Å². The quantitative estimate of drug-likeness (QED) is 0.864. The Hall–Kier alpha value is -1.06. The summed E-state index contributed by atoms with van der Waals surface area (Å²) in [6.07, 6.45) is 3.93. The first-order valence-corrected chi connectivity index (χ1v) is 7.75. The molecule has 0 spiro atoms. The molecule has 1 aliphatic rings. The molecule has 2 atom stereocenters. The van der Waals surface area contributed by atoms with Gasteiger partial charge < -0.3 is 10.1 Å². The van der Waals surface area contributed by atoms with Gasteiger partial charge in [0.2, 0.25) is 0 Å². The average molecular weight is 276 g/mol. The fourth-order valence-corrected chi connectivity index (χ4v) is 3.30. The summed E-state index contributed by atoms with van der Waals surface area (Å²) >= 11 is 0. The third-order valence-electron chi connectivity index (χ3n) is 4.50. The Bertz CT molecular complexity index is 433. The number of likely N-dealkylation sites (N-methyl/N-ethyl adjacent to an activating group) is 1. The molecule has 3 nitrogen and oxygen atoms in total. The van der Waals surface area contributed by atoms with E-state index in [9.17, 15) is 0 Å². The molecule has 112 valence electrons. The Labute approximate surface area is 123 Å². The molecule has 0 amide bonds. The predicted octanol–water partition coefficient (Wildman–Crippen LogP) is 3.14. The Morgan fingerprint density at radius 2 is 2.25 bits per heavy atom. The third-order valence-corrected chi connectivity index (χ3v) is 4.50. The minimum absolute atomic E-state index is 0.331. The second-order valence-electron chi connectivity index (χ2n) is 5.79. The minimum atomic E-state index is 0.331. The lowest BCUT2D eigenvalue weighted by Gasteiger charge is -2.29. The van der Waals surface area contributed by atoms with Crippen molar-refractivity contribution in [1.29, 1.82) is 0 Å². The Balaban J connectivity index is 2.17. The summed E-state index contributed by atoms with van der Waals surface area (Å²) in [5, 5.41) is 3.47. The van der Waals surface area contributed by atoms with Gasteiger partial charge in [-0.1, -0.05) is 24.6 Å². The molecule has 2 unspecified atom stereocenters. The molecule has 0 saturated carbocycles. The van der Waals surface area contributed by atoms with Crippen molar-refractivity contribution in [2.45, 2.75) is 45.2 Å². The maximum Gasteiger partial charge on any atom is 0.123 e. The minimum Gasteiger partial charge on any atom is -0.496 e. The van der Waals surface area contributed by atoms with Crippen molar-refractivity contribution in [3.63, 3.8) is 0 Å². The average Bonchev–Trinajstić information content (AvgIpc) is 2.91. The highest BCUT2D eigenvalue weighted by molar-refractivity contribution is 5.39. The van der Waals surface area contributed by atoms with E-state index in [1.54, 1.807) is 7.11 Å². The first-order valence-electron chi connectivity index (χ1n) is 7.75. The van der Waals surface area contributed by atoms with Crippen LogP contribution in [0.4, 0.5) is 0 Å². The van der Waals surface area contributed by atoms with Gasteiger partial charge in [-0.25, -0.2) is 0 Å². The summed E-state index contributed by atoms with van der Waals surface area (Å²) in [6, 6.07) is 7.52. The second-order valence-corrected chi connectivity index (χ2v) is 5.79. The number of benzene rings is 1. The SMILES string of the molecule is CCC1CCCN1CC(NC)c1cc(C)ccc1OC. The van der Waals surface area contributed by atoms with Crippen LogP contribution in [0.2, 0.25) is 0 Å². The monoisotopic (exact) mass is 276 g/mol. The summed E-state index contributed by atoms with van der Waals surface area (Å²) < 4.78 is 5.54. The van der Waals surface area contributed by atoms with E-state index in [2.05, 4.69) is 42.3 Å². The van der Waals surface area contributed by atoms with Gasteiger partial charge in [-0.2, -0.15) is 0 Å². The zero-order valence-electron chi connectivity index (χ0n) is 13.3. The fourth-order valence-electron chi connectivity index (χ4n) is 3.30. The zero-order valence-corrected chi connectivity index (χ0v) is 13.3. The molecule has 1 N–H and O–H groups in total. The van der Waals surface area contributed by atoms with E-state index in [1.165, 1.54) is 36.9 Å². The molecule has 1 aromatic carbocycles. The number of hydrogen-bond acceptors (Lipinski definition) is 3. The number of aryl methyl sites for hydroxylation is 1. The lowest BCUT2D eigenvalue weighted by molar-refractivity contribution is 0.222. The number of likely N-dealkylation sites (tertiary alicyclic amines) is 1. The normalized spacial score (nSPS) is 21.1. The van der Waals surface area contributed by atoms with Gasteiger partial charge in [0.1, 0.15) is 5.75 Å². The molecule has 1 fully saturated rings. The molecule has 3 heteroatoms. The number of nitrogens with zero attached hydrogens (tertiary/aromatic N) is 1. The largest absolute Gasteiger partial charge is 0.496 e. The number of rotatable bonds is 6. The van der Waals surface area contributed by atoms with Crippen LogP contribution in [-0.2, 0) is 0 Å². The molecular weight excluding hydrogens is 248 g/mol. The van der Waals surface area contributed by atoms with Gasteiger partial charge in [0.05, 0.1) is 7.11 Å². The van der Waals surface area contributed by atoms with Crippen molar-refractivity contribution in [2.24, 2.45) is 0 Å². The van der Waals surface area contributed by atoms with E-state index in [-0.39, 0.29) is 0 Å². The van der Waals surface area contributed by atoms with Crippen LogP contribution in [0.25, 0.3) is 0 Å². The van der Waals surface area contributed by atoms with E-state index in [1.807, 2.05) is 7.05 Å². The first-order chi connectivity index (χ1) is 9.69. The zero-order chi connectivity index (χ0) is 14.5. The van der Waals surface area contributed by atoms with Crippen LogP contribution in [0, 0.1) is 6.92 Å². The van der Waals surface area contributed by atoms with Crippen molar-refractivity contribution in [3.8, 4) is 5.75 Å². The summed E-state index contributed by atoms with van der Waals surface area (Å²) in [4.78, 5) is 2.63. The van der Waals surface area contributed by atoms with Gasteiger partial charge in [0.15, 0.2) is 0 Å². The van der Waals surface area contributed by atoms with E-state index in [4.69, 9.17) is 4.74 Å². The lowest BCUT2D eigenvalue weighted by Crippen LogP contribution is -2.37. The topological polar surface area (TPSA) is 24.5 Å². The van der Waals surface area contributed by atoms with Crippen molar-refractivity contribution in [3.05, 3.63) is 29.3 Å². The summed E-state index contributed by atoms with van der Waals surface area (Å²) in [5.74, 6) is 0.988. The van der Waals surface area contributed by atoms with E-state index < -0.39 is 0 Å². The molecule has 1 saturated heterocycles. The van der Waals surface area contributed by atoms with Crippen LogP contribution in [0.5, 0.6) is 5.75 Å². The maximum atomic E-state index is 5.54. The van der Waals surface area contributed by atoms with Crippen LogP contribution in [-0.4, -0.2) is 38.2 Å². The molecule has 1 heterocycles. The molecule has 2 rings (SSSR count). The summed E-state index contributed by atoms with van der Waals surface area (Å²) in [7, 11) is 3.80. The van der Waals surface area contributed by atoms with Crippen LogP contribution >= 0.6 is 0 Å². The smallest absolute Gasteiger partial charge is 0.123 e. The van der Waals surface area contributed by atoms with Crippen LogP contribution in [0.15, 0.2) is 18.2 Å². The number of nitrogens with one attached hydrogen (secondary N) is 1. The molecular formula is C17H28N2O. The lowest BCUT2D eigenvalue weighted by atomic mass is 10.0. The molecule has 0 radical (unpaired) electrons. The second kappa shape index (κ2) is 7.09. The van der Waals surface area contributed by atoms with E-state index in [0.29, 0.717) is 6.04 Å². The van der Waals surface area contributed by atoms with Crippen molar-refractivity contribution in [1.82, 2.24) is 10.2 Å². The fraction of sp³-hybridized carbons (Fsp3) is 0.647. The molecule has 0 aliphatic carbocycles. The number of hydrogen-bond donors (Lipinski definition) is 1. The van der Waals surface area contributed by atoms with Gasteiger partial charge >= 0.3 is 0 Å². The van der Waals surface area contributed by atoms with Crippen molar-refractivity contribution < 1.29 is 4.74 Å². The van der Waals surface area contributed by atoms with Crippen LogP contribution < -0.4 is 10.1 Å². The number of methoxy groups -OCH3 is 1. The van der Waals surface area contributed by atoms with Gasteiger partial charge in [0, 0.05) is 24.2 Å². The van der Waals surface area contributed by atoms with Gasteiger partial charge in [-0.3, -0.25) is 4.90 Å². The predicted molar refractivity (Wildman–Crippen MR) is 84.4 cm³/mol. The highest BCUT2D eigenvalue weighted by atomic mass is 16.5. The Morgan fingerprint density at radius 3 is 2.90 bits per heavy atom. The van der Waals surface area contributed by atoms with Gasteiger partial charge in [-0.05, 0) is 45.8 Å². The molecule has 1 aliphatic heterocycles. The molecule has 0 aromatic heterocycles. The third kappa shape index (κ3) is 3.33. The van der Waals surface area contributed by atoms with Crippen molar-refractivity contribution in [2.75, 3.05) is 27.2 Å². The number of ether oxygens (including phenoxy) is 1. The molecule has 0 bridgehead atoms. The van der Waals surface area contributed by atoms with Crippen molar-refractivity contribution >= 4 is 0 Å². The van der Waals surface area contributed by atoms with E-state index >= 15 is 0 Å². The van der Waals surface area contributed by atoms with Gasteiger partial charge in [-0.15, -0.1) is 0 Å². The van der Waals surface area contributed by atoms with Crippen LogP contribution in [0.3, 0.4) is 0 Å². The van der Waals surface area contributed by atoms with Crippen LogP contribution in [0.1, 0.15) is 43.4 Å². The standard InChI is InChI=1S/C17H28N2O/c1-5-14-7-6-10-19(14)12-16(18-3)15-11-13(2)8-9-17(15)20-4/h8-9,11,14,16,18H,5-7,10,12H2,1-4H3. The highest BCUT2D eigenvalue weighted by Crippen LogP contribution is 2.29. The first kappa shape index (κ1) is 15.3. The molecule has 20 heavy (non-hydrogen) atoms. The summed E-state index contributed by atoms with van der Waals surface area (Å²) in [5.41, 5.74) is 2.56. The highest BCUT2D eigenvalue weighted by Gasteiger charge is 2.26. The van der Waals surface area contributed by atoms with E-state index in [0.717, 1.165) is 18.3 Å². The Morgan fingerprint density at radius 1 is 1.45 bits per heavy atom. The maximum absolute atomic E-state index is 5.54. The molecule has 1 aromatic rings. The summed E-state index contributed by atoms with van der Waals surface area (Å²) in [6.45, 7) is 6.73. The Kier molecular flexibility index (Phi) is 5.44.